The molecule has 1 aromatic carbocycles. The number of H-pyrrole nitrogens is 1. The van der Waals surface area contributed by atoms with Crippen LogP contribution in [0.4, 0.5) is 0 Å². The number of hydroxylamine groups is 1. The minimum absolute atomic E-state index is 0.109. The van der Waals surface area contributed by atoms with E-state index in [1.54, 1.807) is 5.48 Å². The molecule has 0 unspecified atom stereocenters. The lowest BCUT2D eigenvalue weighted by Gasteiger charge is -2.04. The van der Waals surface area contributed by atoms with Crippen LogP contribution in [0.5, 0.6) is 0 Å². The Morgan fingerprint density at radius 1 is 1.18 bits per heavy atom. The maximum atomic E-state index is 12.2. The molecular formula is C16H21N3O3. The molecule has 0 saturated heterocycles. The highest BCUT2D eigenvalue weighted by atomic mass is 16.5. The highest BCUT2D eigenvalue weighted by Crippen LogP contribution is 2.21. The van der Waals surface area contributed by atoms with Gasteiger partial charge in [-0.25, -0.2) is 5.48 Å². The lowest BCUT2D eigenvalue weighted by molar-refractivity contribution is -0.129. The van der Waals surface area contributed by atoms with Crippen molar-refractivity contribution >= 4 is 22.7 Å². The van der Waals surface area contributed by atoms with Gasteiger partial charge in [0.25, 0.3) is 5.91 Å². The number of aryl methyl sites for hydroxylation is 1. The van der Waals surface area contributed by atoms with E-state index in [0.29, 0.717) is 25.1 Å². The van der Waals surface area contributed by atoms with Crippen molar-refractivity contribution in [1.29, 1.82) is 0 Å². The number of hydrogen-bond acceptors (Lipinski definition) is 3. The van der Waals surface area contributed by atoms with Gasteiger partial charge in [-0.05, 0) is 31.4 Å². The van der Waals surface area contributed by atoms with E-state index in [-0.39, 0.29) is 11.8 Å². The van der Waals surface area contributed by atoms with E-state index in [0.717, 1.165) is 29.3 Å². The first-order valence-electron chi connectivity index (χ1n) is 7.42. The topological polar surface area (TPSA) is 94.2 Å². The van der Waals surface area contributed by atoms with E-state index in [4.69, 9.17) is 5.21 Å². The number of rotatable bonds is 7. The van der Waals surface area contributed by atoms with Gasteiger partial charge < -0.3 is 10.3 Å². The number of unbranched alkanes of at least 4 members (excludes halogenated alkanes) is 2. The second kappa shape index (κ2) is 7.61. The quantitative estimate of drug-likeness (QED) is 0.359. The first kappa shape index (κ1) is 16.0. The molecule has 2 aromatic rings. The second-order valence-electron chi connectivity index (χ2n) is 5.27. The van der Waals surface area contributed by atoms with Gasteiger partial charge in [0.15, 0.2) is 0 Å². The van der Waals surface area contributed by atoms with E-state index in [9.17, 15) is 9.59 Å². The molecule has 4 N–H and O–H groups in total. The Kier molecular flexibility index (Phi) is 5.55. The fourth-order valence-corrected chi connectivity index (χ4v) is 2.44. The summed E-state index contributed by atoms with van der Waals surface area (Å²) in [5.74, 6) is -0.487. The van der Waals surface area contributed by atoms with Crippen LogP contribution in [0.15, 0.2) is 24.3 Å². The zero-order valence-electron chi connectivity index (χ0n) is 12.6. The van der Waals surface area contributed by atoms with Crippen molar-refractivity contribution in [3.63, 3.8) is 0 Å². The van der Waals surface area contributed by atoms with E-state index in [2.05, 4.69) is 10.3 Å². The molecule has 0 aliphatic heterocycles. The Balaban J connectivity index is 1.79. The molecule has 0 saturated carbocycles. The number of hydrogen-bond donors (Lipinski definition) is 4. The Bertz CT molecular complexity index is 664. The molecule has 0 bridgehead atoms. The average Bonchev–Trinajstić information content (AvgIpc) is 2.87. The Morgan fingerprint density at radius 2 is 1.95 bits per heavy atom. The van der Waals surface area contributed by atoms with E-state index >= 15 is 0 Å². The highest BCUT2D eigenvalue weighted by molar-refractivity contribution is 6.00. The molecule has 0 aliphatic rings. The largest absolute Gasteiger partial charge is 0.351 e. The Labute approximate surface area is 128 Å². The molecule has 1 heterocycles. The summed E-state index contributed by atoms with van der Waals surface area (Å²) < 4.78 is 0. The zero-order valence-corrected chi connectivity index (χ0v) is 12.6. The van der Waals surface area contributed by atoms with Crippen molar-refractivity contribution in [2.24, 2.45) is 0 Å². The van der Waals surface area contributed by atoms with Gasteiger partial charge in [0, 0.05) is 23.9 Å². The molecule has 0 spiro atoms. The minimum Gasteiger partial charge on any atom is -0.351 e. The van der Waals surface area contributed by atoms with Crippen LogP contribution < -0.4 is 10.8 Å². The van der Waals surface area contributed by atoms with Gasteiger partial charge in [0.1, 0.15) is 5.69 Å². The molecule has 1 aromatic heterocycles. The minimum atomic E-state index is -0.377. The summed E-state index contributed by atoms with van der Waals surface area (Å²) in [6.07, 6.45) is 2.60. The fourth-order valence-electron chi connectivity index (χ4n) is 2.44. The second-order valence-corrected chi connectivity index (χ2v) is 5.27. The number of carbonyl (C=O) groups is 2. The summed E-state index contributed by atoms with van der Waals surface area (Å²) in [6, 6.07) is 7.82. The highest BCUT2D eigenvalue weighted by Gasteiger charge is 2.13. The number of aromatic amines is 1. The third-order valence-electron chi connectivity index (χ3n) is 3.68. The van der Waals surface area contributed by atoms with Crippen LogP contribution in [0.3, 0.4) is 0 Å². The molecule has 2 rings (SSSR count). The normalized spacial score (nSPS) is 10.6. The number of para-hydroxylation sites is 1. The van der Waals surface area contributed by atoms with Crippen LogP contribution in [0, 0.1) is 6.92 Å². The van der Waals surface area contributed by atoms with Gasteiger partial charge in [-0.2, -0.15) is 0 Å². The third kappa shape index (κ3) is 3.85. The average molecular weight is 303 g/mol. The van der Waals surface area contributed by atoms with Crippen LogP contribution >= 0.6 is 0 Å². The summed E-state index contributed by atoms with van der Waals surface area (Å²) in [7, 11) is 0. The SMILES string of the molecule is Cc1c(C(=O)NCCCCCC(=O)NO)[nH]c2ccccc12. The number of aromatic nitrogens is 1. The van der Waals surface area contributed by atoms with Crippen molar-refractivity contribution < 1.29 is 14.8 Å². The Morgan fingerprint density at radius 3 is 2.68 bits per heavy atom. The molecule has 0 fully saturated rings. The predicted molar refractivity (Wildman–Crippen MR) is 83.8 cm³/mol. The molecule has 0 radical (unpaired) electrons. The van der Waals surface area contributed by atoms with Gasteiger partial charge in [0.2, 0.25) is 5.91 Å². The van der Waals surface area contributed by atoms with Gasteiger partial charge in [-0.15, -0.1) is 0 Å². The molecule has 118 valence electrons. The zero-order chi connectivity index (χ0) is 15.9. The lowest BCUT2D eigenvalue weighted by Crippen LogP contribution is -2.25. The lowest BCUT2D eigenvalue weighted by atomic mass is 10.1. The van der Waals surface area contributed by atoms with Crippen molar-refractivity contribution in [2.45, 2.75) is 32.6 Å². The van der Waals surface area contributed by atoms with Crippen molar-refractivity contribution in [1.82, 2.24) is 15.8 Å². The maximum Gasteiger partial charge on any atom is 0.268 e. The number of amides is 2. The summed E-state index contributed by atoms with van der Waals surface area (Å²) in [5.41, 5.74) is 4.11. The van der Waals surface area contributed by atoms with E-state index in [1.807, 2.05) is 31.2 Å². The first-order valence-corrected chi connectivity index (χ1v) is 7.42. The van der Waals surface area contributed by atoms with E-state index < -0.39 is 0 Å². The number of carbonyl (C=O) groups excluding carboxylic acids is 2. The first-order chi connectivity index (χ1) is 10.6. The Hall–Kier alpha value is -2.34. The molecule has 6 heteroatoms. The van der Waals surface area contributed by atoms with Crippen LogP contribution in [0.2, 0.25) is 0 Å². The molecule has 6 nitrogen and oxygen atoms in total. The van der Waals surface area contributed by atoms with Crippen LogP contribution in [0.1, 0.15) is 41.7 Å². The third-order valence-corrected chi connectivity index (χ3v) is 3.68. The van der Waals surface area contributed by atoms with Crippen LogP contribution in [-0.2, 0) is 4.79 Å². The smallest absolute Gasteiger partial charge is 0.268 e. The van der Waals surface area contributed by atoms with Gasteiger partial charge in [-0.3, -0.25) is 14.8 Å². The maximum absolute atomic E-state index is 12.2. The van der Waals surface area contributed by atoms with E-state index in [1.165, 1.54) is 0 Å². The van der Waals surface area contributed by atoms with Crippen molar-refractivity contribution in [3.8, 4) is 0 Å². The van der Waals surface area contributed by atoms with Crippen molar-refractivity contribution in [2.75, 3.05) is 6.54 Å². The molecule has 0 aliphatic carbocycles. The fraction of sp³-hybridized carbons (Fsp3) is 0.375. The molecular weight excluding hydrogens is 282 g/mol. The summed E-state index contributed by atoms with van der Waals surface area (Å²) in [6.45, 7) is 2.50. The summed E-state index contributed by atoms with van der Waals surface area (Å²) in [4.78, 5) is 26.2. The predicted octanol–water partition coefficient (Wildman–Crippen LogP) is 2.27. The monoisotopic (exact) mass is 303 g/mol. The van der Waals surface area contributed by atoms with Crippen molar-refractivity contribution in [3.05, 3.63) is 35.5 Å². The van der Waals surface area contributed by atoms with Crippen LogP contribution in [-0.4, -0.2) is 28.6 Å². The number of fused-ring (bicyclic) bond motifs is 1. The number of benzene rings is 1. The molecule has 0 atom stereocenters. The number of nitrogens with one attached hydrogen (secondary N) is 3. The van der Waals surface area contributed by atoms with Gasteiger partial charge in [0.05, 0.1) is 0 Å². The standard InChI is InChI=1S/C16H21N3O3/c1-11-12-7-4-5-8-13(12)18-15(11)16(21)17-10-6-2-3-9-14(20)19-22/h4-5,7-8,18,22H,2-3,6,9-10H2,1H3,(H,17,21)(H,19,20). The van der Waals surface area contributed by atoms with Crippen LogP contribution in [0.25, 0.3) is 10.9 Å². The molecule has 22 heavy (non-hydrogen) atoms. The molecule has 2 amide bonds. The summed E-state index contributed by atoms with van der Waals surface area (Å²) >= 11 is 0. The van der Waals surface area contributed by atoms with Gasteiger partial charge >= 0.3 is 0 Å². The van der Waals surface area contributed by atoms with Gasteiger partial charge in [-0.1, -0.05) is 24.6 Å². The summed E-state index contributed by atoms with van der Waals surface area (Å²) in [5, 5.41) is 12.3.